The molecule has 10 aromatic rings. The summed E-state index contributed by atoms with van der Waals surface area (Å²) in [6.45, 7) is 4.73. The highest BCUT2D eigenvalue weighted by atomic mass is 16.3. The van der Waals surface area contributed by atoms with Crippen LogP contribution in [0.2, 0.25) is 0 Å². The minimum Gasteiger partial charge on any atom is -0.456 e. The number of furan rings is 1. The van der Waals surface area contributed by atoms with E-state index in [4.69, 9.17) is 4.42 Å². The van der Waals surface area contributed by atoms with Crippen LogP contribution in [0.5, 0.6) is 0 Å². The van der Waals surface area contributed by atoms with Crippen molar-refractivity contribution in [3.8, 4) is 44.7 Å². The maximum absolute atomic E-state index is 6.22. The Morgan fingerprint density at radius 1 is 0.323 bits per heavy atom. The molecular weight excluding hydrogens is 753 g/mol. The van der Waals surface area contributed by atoms with Crippen molar-refractivity contribution in [3.63, 3.8) is 0 Å². The molecule has 11 rings (SSSR count). The lowest BCUT2D eigenvalue weighted by atomic mass is 9.82. The SMILES string of the molecule is CC1(C)c2cc(N(c3ccccc3)c3ccc(-c4ccc(-c5ccccc5)cc4)cc3)ccc2-c2ccc(N(c3ccccc3)c3ccc(-c4cc5ccccc5o4)cc3)cc21. The Labute approximate surface area is 363 Å². The van der Waals surface area contributed by atoms with Gasteiger partial charge in [-0.2, -0.15) is 0 Å². The predicted molar refractivity (Wildman–Crippen MR) is 259 cm³/mol. The van der Waals surface area contributed by atoms with Gasteiger partial charge in [-0.1, -0.05) is 147 Å². The van der Waals surface area contributed by atoms with E-state index in [9.17, 15) is 0 Å². The van der Waals surface area contributed by atoms with E-state index in [1.165, 1.54) is 44.5 Å². The van der Waals surface area contributed by atoms with Gasteiger partial charge >= 0.3 is 0 Å². The molecule has 1 aliphatic carbocycles. The first-order chi connectivity index (χ1) is 30.5. The normalized spacial score (nSPS) is 12.5. The average molecular weight is 797 g/mol. The number of para-hydroxylation sites is 3. The third-order valence-electron chi connectivity index (χ3n) is 12.5. The van der Waals surface area contributed by atoms with Crippen molar-refractivity contribution in [3.05, 3.63) is 242 Å². The third kappa shape index (κ3) is 6.65. The van der Waals surface area contributed by atoms with E-state index in [1.54, 1.807) is 0 Å². The molecule has 1 aliphatic rings. The van der Waals surface area contributed by atoms with E-state index in [0.29, 0.717) is 0 Å². The smallest absolute Gasteiger partial charge is 0.135 e. The fraction of sp³-hybridized carbons (Fsp3) is 0.0508. The van der Waals surface area contributed by atoms with Gasteiger partial charge < -0.3 is 14.2 Å². The molecule has 62 heavy (non-hydrogen) atoms. The number of hydrogen-bond donors (Lipinski definition) is 0. The van der Waals surface area contributed by atoms with Gasteiger partial charge in [-0.25, -0.2) is 0 Å². The Morgan fingerprint density at radius 3 is 1.18 bits per heavy atom. The molecule has 3 heteroatoms. The van der Waals surface area contributed by atoms with Crippen LogP contribution >= 0.6 is 0 Å². The lowest BCUT2D eigenvalue weighted by molar-refractivity contribution is 0.631. The Kier molecular flexibility index (Phi) is 9.17. The molecule has 0 N–H and O–H groups in total. The summed E-state index contributed by atoms with van der Waals surface area (Å²) >= 11 is 0. The number of anilines is 6. The summed E-state index contributed by atoms with van der Waals surface area (Å²) in [5.74, 6) is 0.869. The molecule has 0 saturated heterocycles. The van der Waals surface area contributed by atoms with Gasteiger partial charge in [0, 0.05) is 50.5 Å². The lowest BCUT2D eigenvalue weighted by Gasteiger charge is -2.29. The summed E-state index contributed by atoms with van der Waals surface area (Å²) in [5.41, 5.74) is 18.4. The van der Waals surface area contributed by atoms with Crippen LogP contribution in [0.3, 0.4) is 0 Å². The minimum absolute atomic E-state index is 0.248. The van der Waals surface area contributed by atoms with Gasteiger partial charge in [0.1, 0.15) is 11.3 Å². The third-order valence-corrected chi connectivity index (χ3v) is 12.5. The molecule has 0 bridgehead atoms. The number of fused-ring (bicyclic) bond motifs is 4. The fourth-order valence-electron chi connectivity index (χ4n) is 9.23. The molecule has 9 aromatic carbocycles. The fourth-order valence-corrected chi connectivity index (χ4v) is 9.23. The second-order valence-electron chi connectivity index (χ2n) is 16.6. The molecule has 0 amide bonds. The Hall–Kier alpha value is -7.88. The van der Waals surface area contributed by atoms with Crippen molar-refractivity contribution < 1.29 is 4.42 Å². The van der Waals surface area contributed by atoms with Gasteiger partial charge in [-0.3, -0.25) is 0 Å². The van der Waals surface area contributed by atoms with Gasteiger partial charge in [0.25, 0.3) is 0 Å². The maximum Gasteiger partial charge on any atom is 0.135 e. The van der Waals surface area contributed by atoms with Gasteiger partial charge in [0.05, 0.1) is 0 Å². The molecule has 0 spiro atoms. The van der Waals surface area contributed by atoms with Gasteiger partial charge in [-0.15, -0.1) is 0 Å². The summed E-state index contributed by atoms with van der Waals surface area (Å²) in [5, 5.41) is 1.11. The molecule has 0 radical (unpaired) electrons. The van der Waals surface area contributed by atoms with Crippen molar-refractivity contribution in [1.82, 2.24) is 0 Å². The second kappa shape index (κ2) is 15.3. The van der Waals surface area contributed by atoms with Gasteiger partial charge in [0.2, 0.25) is 0 Å². The average Bonchev–Trinajstić information content (AvgIpc) is 3.87. The maximum atomic E-state index is 6.22. The van der Waals surface area contributed by atoms with Crippen molar-refractivity contribution in [2.75, 3.05) is 9.80 Å². The Balaban J connectivity index is 0.925. The molecule has 0 atom stereocenters. The first-order valence-corrected chi connectivity index (χ1v) is 21.3. The van der Waals surface area contributed by atoms with E-state index >= 15 is 0 Å². The van der Waals surface area contributed by atoms with Crippen molar-refractivity contribution in [2.45, 2.75) is 19.3 Å². The highest BCUT2D eigenvalue weighted by Gasteiger charge is 2.37. The molecule has 0 unspecified atom stereocenters. The summed E-state index contributed by atoms with van der Waals surface area (Å²) in [4.78, 5) is 4.73. The zero-order valence-corrected chi connectivity index (χ0v) is 34.7. The zero-order valence-electron chi connectivity index (χ0n) is 34.7. The Morgan fingerprint density at radius 2 is 0.694 bits per heavy atom. The lowest BCUT2D eigenvalue weighted by Crippen LogP contribution is -2.17. The largest absolute Gasteiger partial charge is 0.456 e. The molecule has 1 heterocycles. The minimum atomic E-state index is -0.248. The van der Waals surface area contributed by atoms with Crippen molar-refractivity contribution >= 4 is 45.1 Å². The molecule has 1 aromatic heterocycles. The van der Waals surface area contributed by atoms with E-state index in [2.05, 4.69) is 236 Å². The quantitative estimate of drug-likeness (QED) is 0.145. The van der Waals surface area contributed by atoms with Crippen LogP contribution in [-0.2, 0) is 5.41 Å². The second-order valence-corrected chi connectivity index (χ2v) is 16.6. The number of benzene rings is 9. The summed E-state index contributed by atoms with van der Waals surface area (Å²) in [6.07, 6.45) is 0. The van der Waals surface area contributed by atoms with Crippen LogP contribution < -0.4 is 9.80 Å². The van der Waals surface area contributed by atoms with Crippen LogP contribution in [0.4, 0.5) is 34.1 Å². The zero-order chi connectivity index (χ0) is 41.6. The molecule has 0 fully saturated rings. The monoisotopic (exact) mass is 796 g/mol. The van der Waals surface area contributed by atoms with E-state index in [1.807, 2.05) is 18.2 Å². The van der Waals surface area contributed by atoms with Gasteiger partial charge in [-0.05, 0) is 142 Å². The van der Waals surface area contributed by atoms with Crippen LogP contribution in [0.25, 0.3) is 55.7 Å². The van der Waals surface area contributed by atoms with Gasteiger partial charge in [0.15, 0.2) is 0 Å². The van der Waals surface area contributed by atoms with E-state index < -0.39 is 0 Å². The van der Waals surface area contributed by atoms with E-state index in [-0.39, 0.29) is 5.41 Å². The molecular formula is C59H44N2O. The van der Waals surface area contributed by atoms with Crippen LogP contribution in [0, 0.1) is 0 Å². The number of rotatable bonds is 9. The highest BCUT2D eigenvalue weighted by Crippen LogP contribution is 2.52. The molecule has 0 saturated carbocycles. The summed E-state index contributed by atoms with van der Waals surface area (Å²) in [7, 11) is 0. The van der Waals surface area contributed by atoms with E-state index in [0.717, 1.165) is 56.4 Å². The standard InChI is InChI=1S/C59H44N2O/c1-59(2)55-39-51(60(47-17-8-4-9-18-47)49-30-26-44(27-31-49)43-24-22-42(23-25-43)41-14-6-3-7-15-41)34-36-53(55)54-37-35-52(40-56(54)59)61(48-19-10-5-11-20-48)50-32-28-45(29-33-50)58-38-46-16-12-13-21-57(46)62-58/h3-40H,1-2H3. The predicted octanol–water partition coefficient (Wildman–Crippen LogP) is 16.7. The first-order valence-electron chi connectivity index (χ1n) is 21.3. The summed E-state index contributed by atoms with van der Waals surface area (Å²) in [6, 6.07) is 82.7. The first kappa shape index (κ1) is 37.1. The van der Waals surface area contributed by atoms with Crippen molar-refractivity contribution in [2.24, 2.45) is 0 Å². The highest BCUT2D eigenvalue weighted by molar-refractivity contribution is 5.89. The summed E-state index contributed by atoms with van der Waals surface area (Å²) < 4.78 is 6.22. The van der Waals surface area contributed by atoms with Crippen molar-refractivity contribution in [1.29, 1.82) is 0 Å². The van der Waals surface area contributed by atoms with Crippen LogP contribution in [-0.4, -0.2) is 0 Å². The molecule has 3 nitrogen and oxygen atoms in total. The molecule has 0 aliphatic heterocycles. The Bertz CT molecular complexity index is 3140. The number of nitrogens with zero attached hydrogens (tertiary/aromatic N) is 2. The van der Waals surface area contributed by atoms with Crippen LogP contribution in [0.1, 0.15) is 25.0 Å². The van der Waals surface area contributed by atoms with Crippen LogP contribution in [0.15, 0.2) is 235 Å². The topological polar surface area (TPSA) is 19.6 Å². The molecule has 296 valence electrons. The number of hydrogen-bond acceptors (Lipinski definition) is 3.